The molecule has 5 nitrogen and oxygen atoms in total. The van der Waals surface area contributed by atoms with E-state index in [1.54, 1.807) is 6.92 Å². The minimum atomic E-state index is -1.02. The second-order valence-electron chi connectivity index (χ2n) is 4.96. The van der Waals surface area contributed by atoms with E-state index in [4.69, 9.17) is 5.11 Å². The van der Waals surface area contributed by atoms with Crippen molar-refractivity contribution >= 4 is 12.0 Å². The van der Waals surface area contributed by atoms with Crippen LogP contribution < -0.4 is 5.32 Å². The Kier molecular flexibility index (Phi) is 2.78. The van der Waals surface area contributed by atoms with Crippen LogP contribution in [0.1, 0.15) is 32.6 Å². The van der Waals surface area contributed by atoms with E-state index in [1.807, 2.05) is 0 Å². The third-order valence-corrected chi connectivity index (χ3v) is 3.59. The molecule has 5 heteroatoms. The largest absolute Gasteiger partial charge is 0.480 e. The van der Waals surface area contributed by atoms with Crippen LogP contribution in [0.4, 0.5) is 4.79 Å². The number of nitrogens with one attached hydrogen (secondary N) is 1. The molecule has 2 aliphatic rings. The average Bonchev–Trinajstić information content (AvgIpc) is 2.97. The zero-order valence-electron chi connectivity index (χ0n) is 9.53. The summed E-state index contributed by atoms with van der Waals surface area (Å²) in [7, 11) is 0. The molecule has 0 aromatic rings. The summed E-state index contributed by atoms with van der Waals surface area (Å²) in [4.78, 5) is 24.5. The van der Waals surface area contributed by atoms with Crippen molar-refractivity contribution < 1.29 is 14.7 Å². The zero-order valence-corrected chi connectivity index (χ0v) is 9.53. The minimum absolute atomic E-state index is 0.227. The van der Waals surface area contributed by atoms with Gasteiger partial charge < -0.3 is 15.3 Å². The van der Waals surface area contributed by atoms with E-state index in [-0.39, 0.29) is 6.03 Å². The molecular weight excluding hydrogens is 208 g/mol. The first kappa shape index (κ1) is 11.2. The Bertz CT molecular complexity index is 314. The van der Waals surface area contributed by atoms with Crippen LogP contribution >= 0.6 is 0 Å². The van der Waals surface area contributed by atoms with Gasteiger partial charge >= 0.3 is 12.0 Å². The fraction of sp³-hybridized carbons (Fsp3) is 0.818. The van der Waals surface area contributed by atoms with Crippen molar-refractivity contribution in [1.29, 1.82) is 0 Å². The molecule has 1 aliphatic carbocycles. The number of carbonyl (C=O) groups excluding carboxylic acids is 1. The highest BCUT2D eigenvalue weighted by Gasteiger charge is 2.46. The first-order valence-corrected chi connectivity index (χ1v) is 5.83. The quantitative estimate of drug-likeness (QED) is 0.755. The van der Waals surface area contributed by atoms with Crippen LogP contribution in [0.2, 0.25) is 0 Å². The van der Waals surface area contributed by atoms with E-state index in [0.717, 1.165) is 6.42 Å². The molecule has 0 aromatic heterocycles. The number of rotatable bonds is 3. The lowest BCUT2D eigenvalue weighted by atomic mass is 10.00. The van der Waals surface area contributed by atoms with Crippen LogP contribution in [0.25, 0.3) is 0 Å². The lowest BCUT2D eigenvalue weighted by Crippen LogP contribution is -2.54. The molecule has 2 fully saturated rings. The molecule has 90 valence electrons. The fourth-order valence-electron chi connectivity index (χ4n) is 2.16. The summed E-state index contributed by atoms with van der Waals surface area (Å²) < 4.78 is 0. The Labute approximate surface area is 94.8 Å². The fourth-order valence-corrected chi connectivity index (χ4v) is 2.16. The molecule has 0 aromatic carbocycles. The van der Waals surface area contributed by atoms with Crippen molar-refractivity contribution in [2.75, 3.05) is 13.1 Å². The van der Waals surface area contributed by atoms with Gasteiger partial charge in [0, 0.05) is 13.1 Å². The van der Waals surface area contributed by atoms with Gasteiger partial charge in [-0.05, 0) is 38.5 Å². The van der Waals surface area contributed by atoms with Gasteiger partial charge in [0.1, 0.15) is 5.54 Å². The third kappa shape index (κ3) is 1.99. The molecular formula is C11H18N2O3. The van der Waals surface area contributed by atoms with Gasteiger partial charge in [-0.2, -0.15) is 0 Å². The van der Waals surface area contributed by atoms with Crippen LogP contribution in [0.15, 0.2) is 0 Å². The minimum Gasteiger partial charge on any atom is -0.480 e. The summed E-state index contributed by atoms with van der Waals surface area (Å²) in [6.45, 7) is 2.85. The first-order chi connectivity index (χ1) is 7.54. The summed E-state index contributed by atoms with van der Waals surface area (Å²) in [6, 6.07) is -0.227. The molecule has 1 aliphatic heterocycles. The van der Waals surface area contributed by atoms with Gasteiger partial charge in [-0.25, -0.2) is 9.59 Å². The number of hydrogen-bond acceptors (Lipinski definition) is 2. The number of hydrogen-bond donors (Lipinski definition) is 2. The van der Waals surface area contributed by atoms with E-state index >= 15 is 0 Å². The number of aliphatic carboxylic acids is 1. The monoisotopic (exact) mass is 226 g/mol. The summed E-state index contributed by atoms with van der Waals surface area (Å²) >= 11 is 0. The van der Waals surface area contributed by atoms with Crippen LogP contribution in [0.5, 0.6) is 0 Å². The van der Waals surface area contributed by atoms with Crippen LogP contribution in [0, 0.1) is 5.92 Å². The van der Waals surface area contributed by atoms with Gasteiger partial charge in [0.25, 0.3) is 0 Å². The predicted molar refractivity (Wildman–Crippen MR) is 58.1 cm³/mol. The van der Waals surface area contributed by atoms with Gasteiger partial charge in [-0.15, -0.1) is 0 Å². The second-order valence-corrected chi connectivity index (χ2v) is 4.96. The van der Waals surface area contributed by atoms with Gasteiger partial charge in [0.2, 0.25) is 0 Å². The molecule has 2 rings (SSSR count). The Hall–Kier alpha value is -1.26. The molecule has 2 N–H and O–H groups in total. The molecule has 0 radical (unpaired) electrons. The van der Waals surface area contributed by atoms with Crippen LogP contribution in [-0.4, -0.2) is 40.6 Å². The highest BCUT2D eigenvalue weighted by Crippen LogP contribution is 2.30. The van der Waals surface area contributed by atoms with Crippen molar-refractivity contribution in [3.63, 3.8) is 0 Å². The molecule has 1 saturated heterocycles. The van der Waals surface area contributed by atoms with E-state index in [9.17, 15) is 9.59 Å². The summed E-state index contributed by atoms with van der Waals surface area (Å²) in [5, 5.41) is 12.0. The van der Waals surface area contributed by atoms with Gasteiger partial charge in [0.15, 0.2) is 0 Å². The molecule has 0 spiro atoms. The maximum Gasteiger partial charge on any atom is 0.329 e. The topological polar surface area (TPSA) is 69.6 Å². The van der Waals surface area contributed by atoms with Crippen molar-refractivity contribution in [3.8, 4) is 0 Å². The Morgan fingerprint density at radius 3 is 2.75 bits per heavy atom. The maximum atomic E-state index is 11.8. The molecule has 1 heterocycles. The zero-order chi connectivity index (χ0) is 11.8. The predicted octanol–water partition coefficient (Wildman–Crippen LogP) is 1.05. The first-order valence-electron chi connectivity index (χ1n) is 5.83. The highest BCUT2D eigenvalue weighted by molar-refractivity contribution is 5.86. The molecule has 1 atom stereocenters. The number of carboxylic acids is 1. The number of carboxylic acid groups (broad SMARTS) is 1. The van der Waals surface area contributed by atoms with Crippen molar-refractivity contribution in [1.82, 2.24) is 10.2 Å². The number of carbonyl (C=O) groups is 2. The SMILES string of the molecule is CC1(C(=O)O)CCCN1C(=O)NCC1CC1. The number of likely N-dealkylation sites (tertiary alicyclic amines) is 1. The Morgan fingerprint density at radius 1 is 1.50 bits per heavy atom. The number of nitrogens with zero attached hydrogens (tertiary/aromatic N) is 1. The average molecular weight is 226 g/mol. The van der Waals surface area contributed by atoms with Gasteiger partial charge in [-0.3, -0.25) is 0 Å². The Balaban J connectivity index is 1.95. The van der Waals surface area contributed by atoms with Crippen molar-refractivity contribution in [3.05, 3.63) is 0 Å². The molecule has 2 amide bonds. The number of amides is 2. The summed E-state index contributed by atoms with van der Waals surface area (Å²) in [5.41, 5.74) is -1.02. The summed E-state index contributed by atoms with van der Waals surface area (Å²) in [6.07, 6.45) is 3.66. The van der Waals surface area contributed by atoms with Crippen LogP contribution in [-0.2, 0) is 4.79 Å². The normalized spacial score (nSPS) is 29.2. The standard InChI is InChI=1S/C11H18N2O3/c1-11(9(14)15)5-2-6-13(11)10(16)12-7-8-3-4-8/h8H,2-7H2,1H3,(H,12,16)(H,14,15). The van der Waals surface area contributed by atoms with Crippen molar-refractivity contribution in [2.24, 2.45) is 5.92 Å². The molecule has 16 heavy (non-hydrogen) atoms. The third-order valence-electron chi connectivity index (χ3n) is 3.59. The highest BCUT2D eigenvalue weighted by atomic mass is 16.4. The molecule has 1 saturated carbocycles. The Morgan fingerprint density at radius 2 is 2.19 bits per heavy atom. The van der Waals surface area contributed by atoms with E-state index in [2.05, 4.69) is 5.32 Å². The molecule has 0 bridgehead atoms. The maximum absolute atomic E-state index is 11.8. The number of urea groups is 1. The van der Waals surface area contributed by atoms with E-state index < -0.39 is 11.5 Å². The second kappa shape index (κ2) is 3.96. The smallest absolute Gasteiger partial charge is 0.329 e. The lowest BCUT2D eigenvalue weighted by molar-refractivity contribution is -0.147. The summed E-state index contributed by atoms with van der Waals surface area (Å²) in [5.74, 6) is -0.297. The van der Waals surface area contributed by atoms with Gasteiger partial charge in [0.05, 0.1) is 0 Å². The lowest BCUT2D eigenvalue weighted by Gasteiger charge is -2.31. The van der Waals surface area contributed by atoms with Crippen molar-refractivity contribution in [2.45, 2.75) is 38.1 Å². The van der Waals surface area contributed by atoms with Gasteiger partial charge in [-0.1, -0.05) is 0 Å². The van der Waals surface area contributed by atoms with Crippen LogP contribution in [0.3, 0.4) is 0 Å². The van der Waals surface area contributed by atoms with E-state index in [1.165, 1.54) is 17.7 Å². The van der Waals surface area contributed by atoms with E-state index in [0.29, 0.717) is 25.4 Å². The molecule has 1 unspecified atom stereocenters.